The molecule has 3 nitrogen and oxygen atoms in total. The van der Waals surface area contributed by atoms with Crippen molar-refractivity contribution >= 4 is 0 Å². The van der Waals surface area contributed by atoms with Crippen LogP contribution >= 0.6 is 0 Å². The summed E-state index contributed by atoms with van der Waals surface area (Å²) in [6.45, 7) is 5.73. The smallest absolute Gasteiger partial charge is 0.0449 e. The molecule has 1 saturated heterocycles. The minimum Gasteiger partial charge on any atom is -0.312 e. The average Bonchev–Trinajstić information content (AvgIpc) is 2.46. The molecule has 1 aromatic rings. The van der Waals surface area contributed by atoms with Gasteiger partial charge in [-0.15, -0.1) is 0 Å². The molecule has 0 aromatic heterocycles. The van der Waals surface area contributed by atoms with Crippen LogP contribution in [0.25, 0.3) is 0 Å². The Balaban J connectivity index is 1.98. The topological polar surface area (TPSA) is 18.5 Å². The molecule has 1 heterocycles. The highest BCUT2D eigenvalue weighted by molar-refractivity contribution is 5.29. The fraction of sp³-hybridized carbons (Fsp3) is 0.647. The standard InChI is InChI=1S/C17H29N3/c1-14-7-5-6-8-16(14)17(18-2)13-20(4)15-9-11-19(3)12-10-15/h5-8,15,17-18H,9-13H2,1-4H3. The molecule has 1 N–H and O–H groups in total. The van der Waals surface area contributed by atoms with Gasteiger partial charge in [-0.3, -0.25) is 0 Å². The van der Waals surface area contributed by atoms with Crippen molar-refractivity contribution < 1.29 is 0 Å². The predicted molar refractivity (Wildman–Crippen MR) is 86.1 cm³/mol. The Kier molecular flexibility index (Phi) is 5.58. The number of piperidine rings is 1. The molecule has 0 aliphatic carbocycles. The molecular formula is C17H29N3. The molecule has 2 rings (SSSR count). The van der Waals surface area contributed by atoms with Gasteiger partial charge < -0.3 is 15.1 Å². The van der Waals surface area contributed by atoms with Gasteiger partial charge in [0.1, 0.15) is 0 Å². The Bertz CT molecular complexity index is 410. The van der Waals surface area contributed by atoms with E-state index in [0.29, 0.717) is 6.04 Å². The van der Waals surface area contributed by atoms with Crippen LogP contribution in [0.15, 0.2) is 24.3 Å². The highest BCUT2D eigenvalue weighted by Gasteiger charge is 2.23. The van der Waals surface area contributed by atoms with Gasteiger partial charge in [0.05, 0.1) is 0 Å². The van der Waals surface area contributed by atoms with Crippen LogP contribution in [0.2, 0.25) is 0 Å². The summed E-state index contributed by atoms with van der Waals surface area (Å²) in [5, 5.41) is 3.49. The Morgan fingerprint density at radius 2 is 1.95 bits per heavy atom. The van der Waals surface area contributed by atoms with Gasteiger partial charge in [-0.25, -0.2) is 0 Å². The molecule has 1 aromatic carbocycles. The molecule has 1 fully saturated rings. The van der Waals surface area contributed by atoms with Crippen LogP contribution in [0.3, 0.4) is 0 Å². The number of likely N-dealkylation sites (tertiary alicyclic amines) is 1. The maximum absolute atomic E-state index is 3.49. The van der Waals surface area contributed by atoms with E-state index < -0.39 is 0 Å². The molecule has 0 spiro atoms. The average molecular weight is 275 g/mol. The molecular weight excluding hydrogens is 246 g/mol. The fourth-order valence-electron chi connectivity index (χ4n) is 3.20. The number of nitrogens with zero attached hydrogens (tertiary/aromatic N) is 2. The van der Waals surface area contributed by atoms with Crippen molar-refractivity contribution in [1.29, 1.82) is 0 Å². The van der Waals surface area contributed by atoms with Crippen LogP contribution in [-0.2, 0) is 0 Å². The summed E-state index contributed by atoms with van der Waals surface area (Å²) in [5.41, 5.74) is 2.80. The summed E-state index contributed by atoms with van der Waals surface area (Å²) in [7, 11) is 6.57. The van der Waals surface area contributed by atoms with E-state index in [1.165, 1.54) is 37.1 Å². The van der Waals surface area contributed by atoms with Gasteiger partial charge in [-0.05, 0) is 65.1 Å². The highest BCUT2D eigenvalue weighted by atomic mass is 15.2. The van der Waals surface area contributed by atoms with Crippen LogP contribution in [0.1, 0.15) is 30.0 Å². The SMILES string of the molecule is CNC(CN(C)C1CCN(C)CC1)c1ccccc1C. The molecule has 1 aliphatic heterocycles. The Morgan fingerprint density at radius 3 is 2.55 bits per heavy atom. The molecule has 0 saturated carbocycles. The van der Waals surface area contributed by atoms with Gasteiger partial charge in [-0.1, -0.05) is 24.3 Å². The van der Waals surface area contributed by atoms with Crippen molar-refractivity contribution in [3.63, 3.8) is 0 Å². The Hall–Kier alpha value is -0.900. The van der Waals surface area contributed by atoms with Crippen LogP contribution < -0.4 is 5.32 Å². The summed E-state index contributed by atoms with van der Waals surface area (Å²) < 4.78 is 0. The minimum atomic E-state index is 0.417. The lowest BCUT2D eigenvalue weighted by Gasteiger charge is -2.37. The normalized spacial score (nSPS) is 19.4. The van der Waals surface area contributed by atoms with Crippen molar-refractivity contribution in [2.45, 2.75) is 31.8 Å². The van der Waals surface area contributed by atoms with E-state index in [9.17, 15) is 0 Å². The van der Waals surface area contributed by atoms with Gasteiger partial charge >= 0.3 is 0 Å². The molecule has 3 heteroatoms. The van der Waals surface area contributed by atoms with Crippen LogP contribution in [0.5, 0.6) is 0 Å². The monoisotopic (exact) mass is 275 g/mol. The number of benzene rings is 1. The summed E-state index contributed by atoms with van der Waals surface area (Å²) >= 11 is 0. The maximum atomic E-state index is 3.49. The summed E-state index contributed by atoms with van der Waals surface area (Å²) in [6, 6.07) is 9.86. The second kappa shape index (κ2) is 7.21. The van der Waals surface area contributed by atoms with E-state index in [1.807, 2.05) is 0 Å². The van der Waals surface area contributed by atoms with Crippen LogP contribution in [0, 0.1) is 6.92 Å². The summed E-state index contributed by atoms with van der Waals surface area (Å²) in [6.07, 6.45) is 2.58. The molecule has 0 radical (unpaired) electrons. The van der Waals surface area contributed by atoms with Crippen molar-refractivity contribution in [2.24, 2.45) is 0 Å². The van der Waals surface area contributed by atoms with Crippen molar-refractivity contribution in [3.05, 3.63) is 35.4 Å². The van der Waals surface area contributed by atoms with E-state index in [0.717, 1.165) is 12.6 Å². The Labute approximate surface area is 124 Å². The van der Waals surface area contributed by atoms with E-state index in [2.05, 4.69) is 67.4 Å². The number of hydrogen-bond acceptors (Lipinski definition) is 3. The zero-order chi connectivity index (χ0) is 14.5. The molecule has 0 bridgehead atoms. The summed E-state index contributed by atoms with van der Waals surface area (Å²) in [4.78, 5) is 4.97. The molecule has 1 atom stereocenters. The van der Waals surface area contributed by atoms with E-state index >= 15 is 0 Å². The summed E-state index contributed by atoms with van der Waals surface area (Å²) in [5.74, 6) is 0. The Morgan fingerprint density at radius 1 is 1.30 bits per heavy atom. The van der Waals surface area contributed by atoms with Crippen LogP contribution in [-0.4, -0.2) is 56.6 Å². The largest absolute Gasteiger partial charge is 0.312 e. The van der Waals surface area contributed by atoms with E-state index in [4.69, 9.17) is 0 Å². The zero-order valence-electron chi connectivity index (χ0n) is 13.4. The quantitative estimate of drug-likeness (QED) is 0.889. The number of nitrogens with one attached hydrogen (secondary N) is 1. The van der Waals surface area contributed by atoms with Gasteiger partial charge in [0.15, 0.2) is 0 Å². The van der Waals surface area contributed by atoms with Gasteiger partial charge in [0.25, 0.3) is 0 Å². The second-order valence-electron chi connectivity index (χ2n) is 6.17. The lowest BCUT2D eigenvalue weighted by molar-refractivity contribution is 0.135. The highest BCUT2D eigenvalue weighted by Crippen LogP contribution is 2.21. The predicted octanol–water partition coefficient (Wildman–Crippen LogP) is 2.28. The van der Waals surface area contributed by atoms with E-state index in [-0.39, 0.29) is 0 Å². The first-order valence-electron chi connectivity index (χ1n) is 7.73. The first-order chi connectivity index (χ1) is 9.61. The fourth-order valence-corrected chi connectivity index (χ4v) is 3.20. The molecule has 1 aliphatic rings. The third kappa shape index (κ3) is 3.81. The number of aryl methyl sites for hydroxylation is 1. The third-order valence-corrected chi connectivity index (χ3v) is 4.69. The van der Waals surface area contributed by atoms with Gasteiger partial charge in [-0.2, -0.15) is 0 Å². The number of likely N-dealkylation sites (N-methyl/N-ethyl adjacent to an activating group) is 2. The lowest BCUT2D eigenvalue weighted by atomic mass is 9.99. The van der Waals surface area contributed by atoms with Crippen molar-refractivity contribution in [1.82, 2.24) is 15.1 Å². The van der Waals surface area contributed by atoms with Crippen LogP contribution in [0.4, 0.5) is 0 Å². The zero-order valence-corrected chi connectivity index (χ0v) is 13.4. The third-order valence-electron chi connectivity index (χ3n) is 4.69. The van der Waals surface area contributed by atoms with Crippen molar-refractivity contribution in [3.8, 4) is 0 Å². The molecule has 1 unspecified atom stereocenters. The number of rotatable bonds is 5. The number of hydrogen-bond donors (Lipinski definition) is 1. The minimum absolute atomic E-state index is 0.417. The first kappa shape index (κ1) is 15.5. The van der Waals surface area contributed by atoms with Crippen molar-refractivity contribution in [2.75, 3.05) is 40.8 Å². The van der Waals surface area contributed by atoms with E-state index in [1.54, 1.807) is 0 Å². The second-order valence-corrected chi connectivity index (χ2v) is 6.17. The maximum Gasteiger partial charge on any atom is 0.0449 e. The molecule has 0 amide bonds. The van der Waals surface area contributed by atoms with Gasteiger partial charge in [0, 0.05) is 18.6 Å². The first-order valence-corrected chi connectivity index (χ1v) is 7.73. The molecule has 112 valence electrons. The van der Waals surface area contributed by atoms with Gasteiger partial charge in [0.2, 0.25) is 0 Å². The lowest BCUT2D eigenvalue weighted by Crippen LogP contribution is -2.44. The molecule has 20 heavy (non-hydrogen) atoms.